The molecular formula is C21H18N6O. The molecule has 0 aliphatic carbocycles. The van der Waals surface area contributed by atoms with Gasteiger partial charge >= 0.3 is 0 Å². The van der Waals surface area contributed by atoms with Crippen LogP contribution in [-0.4, -0.2) is 36.4 Å². The summed E-state index contributed by atoms with van der Waals surface area (Å²) in [6, 6.07) is 11.7. The van der Waals surface area contributed by atoms with Crippen LogP contribution in [0.1, 0.15) is 17.0 Å². The van der Waals surface area contributed by atoms with E-state index in [-0.39, 0.29) is 5.56 Å². The maximum absolute atomic E-state index is 12.7. The van der Waals surface area contributed by atoms with Gasteiger partial charge in [-0.15, -0.1) is 0 Å². The van der Waals surface area contributed by atoms with Crippen molar-refractivity contribution in [3.63, 3.8) is 0 Å². The van der Waals surface area contributed by atoms with Gasteiger partial charge in [0.25, 0.3) is 5.56 Å². The van der Waals surface area contributed by atoms with Gasteiger partial charge in [-0.25, -0.2) is 15.0 Å². The van der Waals surface area contributed by atoms with E-state index in [1.807, 2.05) is 36.4 Å². The van der Waals surface area contributed by atoms with E-state index in [4.69, 9.17) is 4.98 Å². The van der Waals surface area contributed by atoms with Crippen LogP contribution < -0.4 is 5.56 Å². The highest BCUT2D eigenvalue weighted by Crippen LogP contribution is 2.20. The van der Waals surface area contributed by atoms with Gasteiger partial charge in [0.05, 0.1) is 17.0 Å². The van der Waals surface area contributed by atoms with Crippen molar-refractivity contribution in [1.29, 1.82) is 0 Å². The molecular weight excluding hydrogens is 352 g/mol. The van der Waals surface area contributed by atoms with E-state index in [1.165, 1.54) is 0 Å². The molecule has 0 unspecified atom stereocenters. The maximum atomic E-state index is 12.7. The Labute approximate surface area is 161 Å². The quantitative estimate of drug-likeness (QED) is 0.596. The van der Waals surface area contributed by atoms with Crippen molar-refractivity contribution >= 4 is 11.0 Å². The first-order chi connectivity index (χ1) is 13.8. The van der Waals surface area contributed by atoms with Gasteiger partial charge in [-0.3, -0.25) is 14.7 Å². The first-order valence-electron chi connectivity index (χ1n) is 9.22. The molecule has 0 amide bonds. The Balaban J connectivity index is 1.39. The lowest BCUT2D eigenvalue weighted by atomic mass is 10.1. The number of hydrogen-bond donors (Lipinski definition) is 1. The summed E-state index contributed by atoms with van der Waals surface area (Å²) in [7, 11) is 0. The molecule has 28 heavy (non-hydrogen) atoms. The van der Waals surface area contributed by atoms with Gasteiger partial charge in [-0.05, 0) is 36.4 Å². The Kier molecular flexibility index (Phi) is 4.14. The van der Waals surface area contributed by atoms with E-state index in [0.29, 0.717) is 18.9 Å². The van der Waals surface area contributed by atoms with Crippen LogP contribution in [0.2, 0.25) is 0 Å². The summed E-state index contributed by atoms with van der Waals surface area (Å²) in [6.07, 6.45) is 5.88. The molecule has 1 aliphatic heterocycles. The minimum absolute atomic E-state index is 0.0744. The standard InChI is InChI=1S/C21H18N6O/c28-21-17-13-27(12-16-4-3-14-2-1-8-23-19(14)24-16)11-7-18(17)25-20(26-21)15-5-9-22-10-6-15/h1-6,8-10H,7,11-13H2,(H,25,26,28). The predicted molar refractivity (Wildman–Crippen MR) is 105 cm³/mol. The first-order valence-corrected chi connectivity index (χ1v) is 9.22. The van der Waals surface area contributed by atoms with E-state index in [9.17, 15) is 4.79 Å². The highest BCUT2D eigenvalue weighted by Gasteiger charge is 2.22. The molecule has 4 aromatic rings. The number of aromatic amines is 1. The lowest BCUT2D eigenvalue weighted by Crippen LogP contribution is -2.35. The van der Waals surface area contributed by atoms with E-state index in [2.05, 4.69) is 24.8 Å². The lowest BCUT2D eigenvalue weighted by Gasteiger charge is -2.27. The molecule has 0 saturated carbocycles. The minimum Gasteiger partial charge on any atom is -0.306 e. The van der Waals surface area contributed by atoms with Crippen molar-refractivity contribution in [2.45, 2.75) is 19.5 Å². The topological polar surface area (TPSA) is 87.7 Å². The van der Waals surface area contributed by atoms with Gasteiger partial charge in [0.2, 0.25) is 0 Å². The summed E-state index contributed by atoms with van der Waals surface area (Å²) in [6.45, 7) is 2.08. The van der Waals surface area contributed by atoms with Crippen LogP contribution in [0.3, 0.4) is 0 Å². The molecule has 138 valence electrons. The van der Waals surface area contributed by atoms with Crippen LogP contribution in [0.15, 0.2) is 59.8 Å². The fourth-order valence-electron chi connectivity index (χ4n) is 3.57. The van der Waals surface area contributed by atoms with E-state index < -0.39 is 0 Å². The van der Waals surface area contributed by atoms with Crippen LogP contribution >= 0.6 is 0 Å². The van der Waals surface area contributed by atoms with Gasteiger partial charge in [0.15, 0.2) is 5.65 Å². The third kappa shape index (κ3) is 3.16. The van der Waals surface area contributed by atoms with E-state index >= 15 is 0 Å². The SMILES string of the molecule is O=c1[nH]c(-c2ccncc2)nc2c1CN(Cc1ccc3cccnc3n1)CC2. The molecule has 0 saturated heterocycles. The van der Waals surface area contributed by atoms with Crippen molar-refractivity contribution in [3.05, 3.63) is 82.3 Å². The Morgan fingerprint density at radius 3 is 2.82 bits per heavy atom. The van der Waals surface area contributed by atoms with Gasteiger partial charge < -0.3 is 4.98 Å². The Bertz CT molecular complexity index is 1200. The van der Waals surface area contributed by atoms with Gasteiger partial charge in [-0.2, -0.15) is 0 Å². The van der Waals surface area contributed by atoms with E-state index in [1.54, 1.807) is 18.6 Å². The molecule has 0 radical (unpaired) electrons. The summed E-state index contributed by atoms with van der Waals surface area (Å²) in [5.41, 5.74) is 4.11. The number of H-pyrrole nitrogens is 1. The second kappa shape index (κ2) is 6.94. The molecule has 0 aromatic carbocycles. The Morgan fingerprint density at radius 1 is 1.04 bits per heavy atom. The third-order valence-corrected chi connectivity index (χ3v) is 5.01. The number of aromatic nitrogens is 5. The molecule has 5 heterocycles. The zero-order chi connectivity index (χ0) is 18.9. The highest BCUT2D eigenvalue weighted by atomic mass is 16.1. The smallest absolute Gasteiger partial charge is 0.255 e. The molecule has 1 N–H and O–H groups in total. The molecule has 7 nitrogen and oxygen atoms in total. The first kappa shape index (κ1) is 16.7. The molecule has 5 rings (SSSR count). The normalized spacial score (nSPS) is 14.1. The summed E-state index contributed by atoms with van der Waals surface area (Å²) in [4.78, 5) is 35.5. The number of rotatable bonds is 3. The molecule has 0 spiro atoms. The van der Waals surface area contributed by atoms with Crippen molar-refractivity contribution in [2.24, 2.45) is 0 Å². The van der Waals surface area contributed by atoms with Crippen molar-refractivity contribution < 1.29 is 0 Å². The average molecular weight is 370 g/mol. The van der Waals surface area contributed by atoms with Crippen LogP contribution in [0.5, 0.6) is 0 Å². The van der Waals surface area contributed by atoms with Crippen LogP contribution in [0.25, 0.3) is 22.4 Å². The molecule has 0 atom stereocenters. The summed E-state index contributed by atoms with van der Waals surface area (Å²) < 4.78 is 0. The van der Waals surface area contributed by atoms with Crippen molar-refractivity contribution in [3.8, 4) is 11.4 Å². The van der Waals surface area contributed by atoms with Gasteiger partial charge in [-0.1, -0.05) is 0 Å². The number of pyridine rings is 3. The monoisotopic (exact) mass is 370 g/mol. The molecule has 7 heteroatoms. The van der Waals surface area contributed by atoms with Crippen LogP contribution in [0.4, 0.5) is 0 Å². The van der Waals surface area contributed by atoms with Crippen molar-refractivity contribution in [1.82, 2.24) is 29.8 Å². The van der Waals surface area contributed by atoms with Crippen LogP contribution in [-0.2, 0) is 19.5 Å². The Morgan fingerprint density at radius 2 is 1.93 bits per heavy atom. The van der Waals surface area contributed by atoms with Crippen LogP contribution in [0, 0.1) is 0 Å². The van der Waals surface area contributed by atoms with E-state index in [0.717, 1.165) is 46.5 Å². The van der Waals surface area contributed by atoms with Gasteiger partial charge in [0, 0.05) is 55.6 Å². The zero-order valence-corrected chi connectivity index (χ0v) is 15.2. The number of hydrogen-bond acceptors (Lipinski definition) is 6. The summed E-state index contributed by atoms with van der Waals surface area (Å²) >= 11 is 0. The number of nitrogens with one attached hydrogen (secondary N) is 1. The third-order valence-electron chi connectivity index (χ3n) is 5.01. The number of nitrogens with zero attached hydrogens (tertiary/aromatic N) is 5. The molecule has 1 aliphatic rings. The molecule has 0 fully saturated rings. The fourth-order valence-corrected chi connectivity index (χ4v) is 3.57. The largest absolute Gasteiger partial charge is 0.306 e. The van der Waals surface area contributed by atoms with Crippen molar-refractivity contribution in [2.75, 3.05) is 6.54 Å². The summed E-state index contributed by atoms with van der Waals surface area (Å²) in [5, 5.41) is 1.03. The lowest BCUT2D eigenvalue weighted by molar-refractivity contribution is 0.239. The second-order valence-electron chi connectivity index (χ2n) is 6.89. The Hall–Kier alpha value is -3.45. The molecule has 0 bridgehead atoms. The molecule has 4 aromatic heterocycles. The fraction of sp³-hybridized carbons (Fsp3) is 0.190. The maximum Gasteiger partial charge on any atom is 0.255 e. The summed E-state index contributed by atoms with van der Waals surface area (Å²) in [5.74, 6) is 0.599. The average Bonchev–Trinajstić information content (AvgIpc) is 2.74. The van der Waals surface area contributed by atoms with Gasteiger partial charge in [0.1, 0.15) is 5.82 Å². The minimum atomic E-state index is -0.0744. The highest BCUT2D eigenvalue weighted by molar-refractivity contribution is 5.74. The zero-order valence-electron chi connectivity index (χ0n) is 15.2. The number of fused-ring (bicyclic) bond motifs is 2. The predicted octanol–water partition coefficient (Wildman–Crippen LogP) is 2.33. The second-order valence-corrected chi connectivity index (χ2v) is 6.89.